The van der Waals surface area contributed by atoms with Crippen LogP contribution in [0.5, 0.6) is 0 Å². The Balaban J connectivity index is 1.72. The van der Waals surface area contributed by atoms with E-state index in [2.05, 4.69) is 34.2 Å². The van der Waals surface area contributed by atoms with Crippen molar-refractivity contribution in [2.75, 3.05) is 35.6 Å². The maximum Gasteiger partial charge on any atom is 0.276 e. The van der Waals surface area contributed by atoms with Crippen LogP contribution in [0.3, 0.4) is 0 Å². The molecule has 0 unspecified atom stereocenters. The van der Waals surface area contributed by atoms with Crippen LogP contribution < -0.4 is 21.5 Å². The number of amides is 1. The molecule has 1 aromatic heterocycles. The van der Waals surface area contributed by atoms with Gasteiger partial charge in [0.1, 0.15) is 11.4 Å². The van der Waals surface area contributed by atoms with Gasteiger partial charge in [-0.1, -0.05) is 19.9 Å². The molecule has 1 saturated heterocycles. The van der Waals surface area contributed by atoms with E-state index in [-0.39, 0.29) is 5.69 Å². The Morgan fingerprint density at radius 3 is 2.47 bits per heavy atom. The highest BCUT2D eigenvalue weighted by Gasteiger charge is 2.23. The van der Waals surface area contributed by atoms with Crippen molar-refractivity contribution in [1.29, 1.82) is 0 Å². The molecule has 1 amide bonds. The lowest BCUT2D eigenvalue weighted by Crippen LogP contribution is -2.27. The van der Waals surface area contributed by atoms with E-state index >= 15 is 0 Å². The molecular weight excluding hydrogens is 466 g/mol. The normalized spacial score (nSPS) is 13.6. The van der Waals surface area contributed by atoms with Gasteiger partial charge in [-0.05, 0) is 49.1 Å². The van der Waals surface area contributed by atoms with E-state index in [9.17, 15) is 18.4 Å². The van der Waals surface area contributed by atoms with Gasteiger partial charge in [0.2, 0.25) is 0 Å². The molecule has 0 saturated carbocycles. The molecular formula is C26H28F2N6O2. The molecule has 1 fully saturated rings. The van der Waals surface area contributed by atoms with Crippen molar-refractivity contribution in [3.8, 4) is 5.69 Å². The molecule has 0 atom stereocenters. The number of rotatable bonds is 7. The molecule has 2 heterocycles. The van der Waals surface area contributed by atoms with Gasteiger partial charge in [0, 0.05) is 43.2 Å². The quantitative estimate of drug-likeness (QED) is 0.381. The van der Waals surface area contributed by atoms with E-state index in [1.165, 1.54) is 12.1 Å². The lowest BCUT2D eigenvalue weighted by Gasteiger charge is -2.25. The van der Waals surface area contributed by atoms with Crippen LogP contribution >= 0.6 is 0 Å². The zero-order chi connectivity index (χ0) is 25.8. The summed E-state index contributed by atoms with van der Waals surface area (Å²) in [6.45, 7) is 6.37. The van der Waals surface area contributed by atoms with E-state index in [1.54, 1.807) is 18.3 Å². The monoisotopic (exact) mass is 494 g/mol. The van der Waals surface area contributed by atoms with Gasteiger partial charge in [-0.15, -0.1) is 0 Å². The second-order valence-electron chi connectivity index (χ2n) is 9.04. The SMILES string of the molecule is CC(C)CN=Cc1c(N)ccc(NC(=O)c2ccc(=O)n(-c3c(F)cccc3F)n2)c1N1CCCC1. The Morgan fingerprint density at radius 1 is 1.11 bits per heavy atom. The van der Waals surface area contributed by atoms with Crippen molar-refractivity contribution >= 4 is 29.2 Å². The summed E-state index contributed by atoms with van der Waals surface area (Å²) in [6, 6.07) is 8.85. The number of nitrogen functional groups attached to an aromatic ring is 1. The summed E-state index contributed by atoms with van der Waals surface area (Å²) in [4.78, 5) is 32.2. The van der Waals surface area contributed by atoms with Gasteiger partial charge in [0.15, 0.2) is 11.6 Å². The molecule has 36 heavy (non-hydrogen) atoms. The topological polar surface area (TPSA) is 106 Å². The highest BCUT2D eigenvalue weighted by atomic mass is 19.1. The summed E-state index contributed by atoms with van der Waals surface area (Å²) in [7, 11) is 0. The number of aromatic nitrogens is 2. The first-order valence-corrected chi connectivity index (χ1v) is 11.8. The highest BCUT2D eigenvalue weighted by Crippen LogP contribution is 2.35. The van der Waals surface area contributed by atoms with Gasteiger partial charge in [0.05, 0.1) is 11.4 Å². The summed E-state index contributed by atoms with van der Waals surface area (Å²) in [6.07, 6.45) is 3.75. The van der Waals surface area contributed by atoms with Gasteiger partial charge in [0.25, 0.3) is 11.5 Å². The predicted octanol–water partition coefficient (Wildman–Crippen LogP) is 4.02. The molecule has 10 heteroatoms. The summed E-state index contributed by atoms with van der Waals surface area (Å²) in [5, 5.41) is 6.78. The molecule has 4 rings (SSSR count). The van der Waals surface area contributed by atoms with Crippen LogP contribution in [0, 0.1) is 17.6 Å². The minimum atomic E-state index is -0.970. The average molecular weight is 495 g/mol. The van der Waals surface area contributed by atoms with Crippen LogP contribution in [0.15, 0.2) is 52.3 Å². The third kappa shape index (κ3) is 5.27. The van der Waals surface area contributed by atoms with Gasteiger partial charge < -0.3 is 16.0 Å². The fourth-order valence-electron chi connectivity index (χ4n) is 4.07. The lowest BCUT2D eigenvalue weighted by atomic mass is 10.1. The van der Waals surface area contributed by atoms with E-state index in [0.29, 0.717) is 34.1 Å². The standard InChI is InChI=1S/C26H28F2N6O2/c1-16(2)14-30-15-17-20(29)8-9-21(24(17)33-12-3-4-13-33)31-26(36)22-10-11-23(35)34(32-22)25-18(27)6-5-7-19(25)28/h5-11,15-16H,3-4,12-14,29H2,1-2H3,(H,31,36). The fourth-order valence-corrected chi connectivity index (χ4v) is 4.07. The van der Waals surface area contributed by atoms with Gasteiger partial charge >= 0.3 is 0 Å². The molecule has 0 radical (unpaired) electrons. The molecule has 188 valence electrons. The molecule has 2 aromatic carbocycles. The number of benzene rings is 2. The number of nitrogens with two attached hydrogens (primary N) is 1. The number of halogens is 2. The Labute approximate surface area is 207 Å². The Hall–Kier alpha value is -4.08. The first-order valence-electron chi connectivity index (χ1n) is 11.8. The van der Waals surface area contributed by atoms with Crippen molar-refractivity contribution in [2.45, 2.75) is 26.7 Å². The molecule has 3 aromatic rings. The van der Waals surface area contributed by atoms with Crippen LogP contribution in [0.4, 0.5) is 25.8 Å². The van der Waals surface area contributed by atoms with Crippen LogP contribution in [-0.2, 0) is 0 Å². The summed E-state index contributed by atoms with van der Waals surface area (Å²) in [5.74, 6) is -2.21. The molecule has 1 aliphatic rings. The zero-order valence-electron chi connectivity index (χ0n) is 20.2. The van der Waals surface area contributed by atoms with Gasteiger partial charge in [-0.2, -0.15) is 9.78 Å². The third-order valence-electron chi connectivity index (χ3n) is 5.79. The summed E-state index contributed by atoms with van der Waals surface area (Å²) >= 11 is 0. The molecule has 3 N–H and O–H groups in total. The molecule has 0 bridgehead atoms. The molecule has 0 spiro atoms. The van der Waals surface area contributed by atoms with E-state index in [1.807, 2.05) is 0 Å². The summed E-state index contributed by atoms with van der Waals surface area (Å²) in [5.41, 5.74) is 7.18. The highest BCUT2D eigenvalue weighted by molar-refractivity contribution is 6.08. The van der Waals surface area contributed by atoms with E-state index < -0.39 is 28.8 Å². The summed E-state index contributed by atoms with van der Waals surface area (Å²) < 4.78 is 29.1. The lowest BCUT2D eigenvalue weighted by molar-refractivity contribution is 0.102. The first-order chi connectivity index (χ1) is 17.3. The number of hydrogen-bond donors (Lipinski definition) is 2. The number of para-hydroxylation sites is 1. The Morgan fingerprint density at radius 2 is 1.81 bits per heavy atom. The van der Waals surface area contributed by atoms with Gasteiger partial charge in [-0.25, -0.2) is 8.78 Å². The maximum absolute atomic E-state index is 14.3. The predicted molar refractivity (Wildman–Crippen MR) is 137 cm³/mol. The van der Waals surface area contributed by atoms with Crippen LogP contribution in [0.25, 0.3) is 5.69 Å². The van der Waals surface area contributed by atoms with Crippen molar-refractivity contribution in [3.63, 3.8) is 0 Å². The van der Waals surface area contributed by atoms with Crippen molar-refractivity contribution < 1.29 is 13.6 Å². The number of carbonyl (C=O) groups is 1. The third-order valence-corrected chi connectivity index (χ3v) is 5.79. The second kappa shape index (κ2) is 10.7. The van der Waals surface area contributed by atoms with Crippen LogP contribution in [0.1, 0.15) is 42.7 Å². The molecule has 0 aliphatic carbocycles. The second-order valence-corrected chi connectivity index (χ2v) is 9.04. The Bertz CT molecular complexity index is 1340. The minimum Gasteiger partial charge on any atom is -0.398 e. The smallest absolute Gasteiger partial charge is 0.276 e. The van der Waals surface area contributed by atoms with Crippen LogP contribution in [0.2, 0.25) is 0 Å². The van der Waals surface area contributed by atoms with Crippen molar-refractivity contribution in [2.24, 2.45) is 10.9 Å². The molecule has 1 aliphatic heterocycles. The van der Waals surface area contributed by atoms with Crippen molar-refractivity contribution in [1.82, 2.24) is 9.78 Å². The van der Waals surface area contributed by atoms with Gasteiger partial charge in [-0.3, -0.25) is 14.6 Å². The number of nitrogens with zero attached hydrogens (tertiary/aromatic N) is 4. The number of anilines is 3. The number of hydrogen-bond acceptors (Lipinski definition) is 6. The first kappa shape index (κ1) is 25.0. The molecule has 8 nitrogen and oxygen atoms in total. The van der Waals surface area contributed by atoms with Crippen molar-refractivity contribution in [3.05, 3.63) is 75.7 Å². The van der Waals surface area contributed by atoms with E-state index in [4.69, 9.17) is 5.73 Å². The van der Waals surface area contributed by atoms with E-state index in [0.717, 1.165) is 49.8 Å². The number of carbonyl (C=O) groups excluding carboxylic acids is 1. The largest absolute Gasteiger partial charge is 0.398 e. The average Bonchev–Trinajstić information content (AvgIpc) is 3.36. The maximum atomic E-state index is 14.3. The van der Waals surface area contributed by atoms with Crippen LogP contribution in [-0.4, -0.2) is 41.5 Å². The number of nitrogens with one attached hydrogen (secondary N) is 1. The fraction of sp³-hybridized carbons (Fsp3) is 0.308. The number of aliphatic imine (C=N–C) groups is 1. The Kier molecular flexibility index (Phi) is 7.42. The minimum absolute atomic E-state index is 0.184. The zero-order valence-corrected chi connectivity index (χ0v) is 20.2.